The van der Waals surface area contributed by atoms with Gasteiger partial charge in [-0.2, -0.15) is 0 Å². The van der Waals surface area contributed by atoms with Crippen LogP contribution in [0.4, 0.5) is 0 Å². The van der Waals surface area contributed by atoms with Crippen LogP contribution in [0, 0.1) is 0 Å². The Balaban J connectivity index is 1.97. The number of amides is 1. The second-order valence-corrected chi connectivity index (χ2v) is 5.53. The van der Waals surface area contributed by atoms with Crippen molar-refractivity contribution in [1.29, 1.82) is 0 Å². The molecule has 6 heteroatoms. The summed E-state index contributed by atoms with van der Waals surface area (Å²) >= 11 is 0. The Kier molecular flexibility index (Phi) is 5.89. The number of nitrogens with one attached hydrogen (secondary N) is 1. The van der Waals surface area contributed by atoms with Crippen LogP contribution >= 0.6 is 0 Å². The minimum atomic E-state index is -0.968. The van der Waals surface area contributed by atoms with E-state index < -0.39 is 5.97 Å². The van der Waals surface area contributed by atoms with Crippen molar-refractivity contribution in [2.45, 2.75) is 26.4 Å². The third-order valence-corrected chi connectivity index (χ3v) is 3.22. The molecular formula is C18H20N2O4. The van der Waals surface area contributed by atoms with Gasteiger partial charge in [0.1, 0.15) is 0 Å². The number of ether oxygens (including phenoxy) is 1. The Labute approximate surface area is 140 Å². The number of hydrogen-bond donors (Lipinski definition) is 2. The molecule has 1 aromatic heterocycles. The van der Waals surface area contributed by atoms with Gasteiger partial charge in [-0.1, -0.05) is 12.1 Å². The van der Waals surface area contributed by atoms with Crippen molar-refractivity contribution >= 4 is 11.9 Å². The molecule has 1 aromatic carbocycles. The first-order valence-electron chi connectivity index (χ1n) is 7.69. The topological polar surface area (TPSA) is 88.5 Å². The van der Waals surface area contributed by atoms with E-state index in [2.05, 4.69) is 10.3 Å². The van der Waals surface area contributed by atoms with Crippen molar-refractivity contribution < 1.29 is 19.4 Å². The molecule has 0 fully saturated rings. The lowest BCUT2D eigenvalue weighted by Gasteiger charge is -2.13. The van der Waals surface area contributed by atoms with E-state index in [1.807, 2.05) is 19.9 Å². The predicted molar refractivity (Wildman–Crippen MR) is 89.4 cm³/mol. The molecular weight excluding hydrogens is 308 g/mol. The highest BCUT2D eigenvalue weighted by atomic mass is 16.5. The number of carboxylic acids is 1. The van der Waals surface area contributed by atoms with E-state index in [0.29, 0.717) is 18.7 Å². The number of benzene rings is 1. The van der Waals surface area contributed by atoms with Gasteiger partial charge >= 0.3 is 5.97 Å². The van der Waals surface area contributed by atoms with Crippen molar-refractivity contribution in [3.63, 3.8) is 0 Å². The summed E-state index contributed by atoms with van der Waals surface area (Å²) in [4.78, 5) is 27.3. The zero-order valence-electron chi connectivity index (χ0n) is 13.7. The second-order valence-electron chi connectivity index (χ2n) is 5.53. The van der Waals surface area contributed by atoms with Crippen LogP contribution in [0.1, 0.15) is 40.3 Å². The van der Waals surface area contributed by atoms with Crippen molar-refractivity contribution in [1.82, 2.24) is 10.3 Å². The van der Waals surface area contributed by atoms with Gasteiger partial charge in [-0.15, -0.1) is 0 Å². The summed E-state index contributed by atoms with van der Waals surface area (Å²) in [6.07, 6.45) is 2.01. The van der Waals surface area contributed by atoms with Crippen LogP contribution in [-0.4, -0.2) is 34.6 Å². The maximum atomic E-state index is 12.3. The van der Waals surface area contributed by atoms with Crippen molar-refractivity contribution in [3.8, 4) is 5.75 Å². The fraction of sp³-hybridized carbons (Fsp3) is 0.278. The number of pyridine rings is 1. The standard InChI is InChI=1S/C18H20N2O4/c1-12(2)24-15-7-4-9-19-16(15)17(21)20-10-8-13-5-3-6-14(11-13)18(22)23/h3-7,9,11-12H,8,10H2,1-2H3,(H,20,21)(H,22,23). The van der Waals surface area contributed by atoms with Crippen LogP contribution in [0.5, 0.6) is 5.75 Å². The molecule has 0 aliphatic carbocycles. The van der Waals surface area contributed by atoms with Gasteiger partial charge in [0.2, 0.25) is 0 Å². The highest BCUT2D eigenvalue weighted by Crippen LogP contribution is 2.16. The van der Waals surface area contributed by atoms with E-state index in [-0.39, 0.29) is 23.3 Å². The Morgan fingerprint density at radius 1 is 1.25 bits per heavy atom. The SMILES string of the molecule is CC(C)Oc1cccnc1C(=O)NCCc1cccc(C(=O)O)c1. The average Bonchev–Trinajstić information content (AvgIpc) is 2.55. The first-order valence-corrected chi connectivity index (χ1v) is 7.69. The van der Waals surface area contributed by atoms with Gasteiger partial charge < -0.3 is 15.2 Å². The summed E-state index contributed by atoms with van der Waals surface area (Å²) < 4.78 is 5.58. The summed E-state index contributed by atoms with van der Waals surface area (Å²) in [7, 11) is 0. The lowest BCUT2D eigenvalue weighted by atomic mass is 10.1. The normalized spacial score (nSPS) is 10.5. The zero-order chi connectivity index (χ0) is 17.5. The number of hydrogen-bond acceptors (Lipinski definition) is 4. The molecule has 2 aromatic rings. The number of carbonyl (C=O) groups is 2. The smallest absolute Gasteiger partial charge is 0.335 e. The summed E-state index contributed by atoms with van der Waals surface area (Å²) in [5.41, 5.74) is 1.32. The summed E-state index contributed by atoms with van der Waals surface area (Å²) in [6.45, 7) is 4.13. The number of carboxylic acid groups (broad SMARTS) is 1. The van der Waals surface area contributed by atoms with E-state index >= 15 is 0 Å². The summed E-state index contributed by atoms with van der Waals surface area (Å²) in [5.74, 6) is -0.844. The Morgan fingerprint density at radius 3 is 2.75 bits per heavy atom. The van der Waals surface area contributed by atoms with Crippen LogP contribution in [-0.2, 0) is 6.42 Å². The quantitative estimate of drug-likeness (QED) is 0.815. The van der Waals surface area contributed by atoms with E-state index in [9.17, 15) is 9.59 Å². The minimum Gasteiger partial charge on any atom is -0.489 e. The Bertz CT molecular complexity index is 728. The van der Waals surface area contributed by atoms with Crippen molar-refractivity contribution in [2.75, 3.05) is 6.54 Å². The molecule has 1 amide bonds. The third kappa shape index (κ3) is 4.81. The van der Waals surface area contributed by atoms with Crippen LogP contribution in [0.2, 0.25) is 0 Å². The van der Waals surface area contributed by atoms with E-state index in [0.717, 1.165) is 5.56 Å². The van der Waals surface area contributed by atoms with Crippen molar-refractivity contribution in [3.05, 3.63) is 59.4 Å². The number of aromatic carboxylic acids is 1. The Morgan fingerprint density at radius 2 is 2.04 bits per heavy atom. The highest BCUT2D eigenvalue weighted by molar-refractivity contribution is 5.94. The molecule has 6 nitrogen and oxygen atoms in total. The van der Waals surface area contributed by atoms with Crippen LogP contribution in [0.25, 0.3) is 0 Å². The largest absolute Gasteiger partial charge is 0.489 e. The fourth-order valence-corrected chi connectivity index (χ4v) is 2.17. The zero-order valence-corrected chi connectivity index (χ0v) is 13.7. The molecule has 2 N–H and O–H groups in total. The monoisotopic (exact) mass is 328 g/mol. The number of carbonyl (C=O) groups excluding carboxylic acids is 1. The first kappa shape index (κ1) is 17.5. The number of aromatic nitrogens is 1. The maximum Gasteiger partial charge on any atom is 0.335 e. The lowest BCUT2D eigenvalue weighted by Crippen LogP contribution is -2.27. The fourth-order valence-electron chi connectivity index (χ4n) is 2.17. The number of rotatable bonds is 7. The average molecular weight is 328 g/mol. The van der Waals surface area contributed by atoms with Gasteiger partial charge in [-0.3, -0.25) is 4.79 Å². The van der Waals surface area contributed by atoms with Crippen LogP contribution in [0.3, 0.4) is 0 Å². The van der Waals surface area contributed by atoms with Crippen LogP contribution < -0.4 is 10.1 Å². The molecule has 0 spiro atoms. The van der Waals surface area contributed by atoms with E-state index in [4.69, 9.17) is 9.84 Å². The molecule has 0 unspecified atom stereocenters. The van der Waals surface area contributed by atoms with Gasteiger partial charge in [-0.25, -0.2) is 9.78 Å². The van der Waals surface area contributed by atoms with Gasteiger partial charge in [0.15, 0.2) is 11.4 Å². The first-order chi connectivity index (χ1) is 11.5. The molecule has 0 atom stereocenters. The minimum absolute atomic E-state index is 0.0560. The third-order valence-electron chi connectivity index (χ3n) is 3.22. The van der Waals surface area contributed by atoms with Crippen LogP contribution in [0.15, 0.2) is 42.6 Å². The molecule has 24 heavy (non-hydrogen) atoms. The van der Waals surface area contributed by atoms with Gasteiger partial charge in [0.25, 0.3) is 5.91 Å². The van der Waals surface area contributed by atoms with Crippen molar-refractivity contribution in [2.24, 2.45) is 0 Å². The predicted octanol–water partition coefficient (Wildman–Crippen LogP) is 2.54. The molecule has 0 saturated heterocycles. The highest BCUT2D eigenvalue weighted by Gasteiger charge is 2.14. The van der Waals surface area contributed by atoms with Gasteiger partial charge in [0.05, 0.1) is 11.7 Å². The molecule has 126 valence electrons. The molecule has 0 radical (unpaired) electrons. The summed E-state index contributed by atoms with van der Waals surface area (Å²) in [6, 6.07) is 10.1. The molecule has 2 rings (SSSR count). The van der Waals surface area contributed by atoms with E-state index in [1.165, 1.54) is 6.07 Å². The molecule has 0 bridgehead atoms. The molecule has 0 saturated carbocycles. The number of nitrogens with zero attached hydrogens (tertiary/aromatic N) is 1. The second kappa shape index (κ2) is 8.10. The Hall–Kier alpha value is -2.89. The summed E-state index contributed by atoms with van der Waals surface area (Å²) in [5, 5.41) is 11.8. The van der Waals surface area contributed by atoms with Gasteiger partial charge in [0, 0.05) is 12.7 Å². The molecule has 1 heterocycles. The maximum absolute atomic E-state index is 12.3. The molecule has 0 aliphatic heterocycles. The van der Waals surface area contributed by atoms with E-state index in [1.54, 1.807) is 30.5 Å². The molecule has 0 aliphatic rings. The lowest BCUT2D eigenvalue weighted by molar-refractivity contribution is 0.0696. The van der Waals surface area contributed by atoms with Gasteiger partial charge in [-0.05, 0) is 50.1 Å².